The van der Waals surface area contributed by atoms with Gasteiger partial charge in [0.05, 0.1) is 0 Å². The lowest BCUT2D eigenvalue weighted by molar-refractivity contribution is 0.179. The Morgan fingerprint density at radius 2 is 1.62 bits per heavy atom. The van der Waals surface area contributed by atoms with Crippen molar-refractivity contribution in [1.29, 1.82) is 0 Å². The van der Waals surface area contributed by atoms with Crippen molar-refractivity contribution in [3.05, 3.63) is 0 Å². The molecule has 1 nitrogen and oxygen atoms in total. The molecule has 98 valence electrons. The van der Waals surface area contributed by atoms with Crippen LogP contribution in [-0.4, -0.2) is 13.6 Å². The van der Waals surface area contributed by atoms with Crippen molar-refractivity contribution in [3.8, 4) is 0 Å². The standard InChI is InChI=1S/C15H33N/c1-8-14(4)15(5,6)10-9-12(2)13(3)11-16-7/h12-14,16H,8-11H2,1-7H3/t12?,13-,14?/m0/s1. The molecule has 0 radical (unpaired) electrons. The summed E-state index contributed by atoms with van der Waals surface area (Å²) in [5, 5.41) is 3.28. The Bertz CT molecular complexity index is 174. The molecular formula is C15H33N. The molecule has 0 aromatic rings. The molecule has 0 rings (SSSR count). The first kappa shape index (κ1) is 16.0. The van der Waals surface area contributed by atoms with E-state index in [9.17, 15) is 0 Å². The van der Waals surface area contributed by atoms with Gasteiger partial charge in [0.2, 0.25) is 0 Å². The van der Waals surface area contributed by atoms with Crippen molar-refractivity contribution in [2.75, 3.05) is 13.6 Å². The van der Waals surface area contributed by atoms with Crippen LogP contribution in [0.5, 0.6) is 0 Å². The van der Waals surface area contributed by atoms with Crippen molar-refractivity contribution >= 4 is 0 Å². The molecule has 0 aromatic carbocycles. The predicted molar refractivity (Wildman–Crippen MR) is 74.7 cm³/mol. The molecule has 16 heavy (non-hydrogen) atoms. The van der Waals surface area contributed by atoms with E-state index in [-0.39, 0.29) is 0 Å². The molecule has 0 aliphatic carbocycles. The van der Waals surface area contributed by atoms with Crippen LogP contribution in [0, 0.1) is 23.2 Å². The fourth-order valence-corrected chi connectivity index (χ4v) is 2.21. The van der Waals surface area contributed by atoms with Gasteiger partial charge in [-0.1, -0.05) is 48.0 Å². The number of rotatable bonds is 8. The first-order chi connectivity index (χ1) is 7.35. The van der Waals surface area contributed by atoms with Gasteiger partial charge in [-0.15, -0.1) is 0 Å². The van der Waals surface area contributed by atoms with Crippen molar-refractivity contribution in [1.82, 2.24) is 5.32 Å². The molecule has 0 heterocycles. The largest absolute Gasteiger partial charge is 0.319 e. The van der Waals surface area contributed by atoms with Crippen molar-refractivity contribution in [2.45, 2.75) is 60.8 Å². The van der Waals surface area contributed by atoms with Gasteiger partial charge in [-0.05, 0) is 49.6 Å². The van der Waals surface area contributed by atoms with E-state index < -0.39 is 0 Å². The summed E-state index contributed by atoms with van der Waals surface area (Å²) < 4.78 is 0. The van der Waals surface area contributed by atoms with E-state index in [1.807, 2.05) is 7.05 Å². The lowest BCUT2D eigenvalue weighted by atomic mass is 9.73. The van der Waals surface area contributed by atoms with E-state index in [1.165, 1.54) is 19.3 Å². The minimum atomic E-state index is 0.502. The summed E-state index contributed by atoms with van der Waals surface area (Å²) >= 11 is 0. The maximum atomic E-state index is 3.28. The van der Waals surface area contributed by atoms with Gasteiger partial charge in [0, 0.05) is 0 Å². The summed E-state index contributed by atoms with van der Waals surface area (Å²) in [5.41, 5.74) is 0.502. The second-order valence-corrected chi connectivity index (χ2v) is 6.35. The number of hydrogen-bond acceptors (Lipinski definition) is 1. The molecular weight excluding hydrogens is 194 g/mol. The average Bonchev–Trinajstić information content (AvgIpc) is 2.25. The Labute approximate surface area is 103 Å². The molecule has 2 unspecified atom stereocenters. The van der Waals surface area contributed by atoms with Crippen molar-refractivity contribution in [2.24, 2.45) is 23.2 Å². The minimum absolute atomic E-state index is 0.502. The smallest absolute Gasteiger partial charge is 0.00236 e. The fourth-order valence-electron chi connectivity index (χ4n) is 2.21. The van der Waals surface area contributed by atoms with E-state index in [1.54, 1.807) is 0 Å². The molecule has 0 aliphatic rings. The van der Waals surface area contributed by atoms with Crippen LogP contribution in [0.1, 0.15) is 60.8 Å². The highest BCUT2D eigenvalue weighted by atomic mass is 14.8. The zero-order valence-electron chi connectivity index (χ0n) is 12.6. The third kappa shape index (κ3) is 5.34. The SMILES string of the molecule is CCC(C)C(C)(C)CCC(C)[C@@H](C)CNC. The second-order valence-electron chi connectivity index (χ2n) is 6.35. The molecule has 1 N–H and O–H groups in total. The summed E-state index contributed by atoms with van der Waals surface area (Å²) in [5.74, 6) is 2.45. The van der Waals surface area contributed by atoms with Gasteiger partial charge in [-0.3, -0.25) is 0 Å². The Hall–Kier alpha value is -0.0400. The van der Waals surface area contributed by atoms with Gasteiger partial charge in [0.25, 0.3) is 0 Å². The normalized spacial score (nSPS) is 18.2. The lowest BCUT2D eigenvalue weighted by Crippen LogP contribution is -2.25. The maximum Gasteiger partial charge on any atom is -0.00236 e. The minimum Gasteiger partial charge on any atom is -0.319 e. The Balaban J connectivity index is 4.03. The zero-order valence-corrected chi connectivity index (χ0v) is 12.6. The maximum absolute atomic E-state index is 3.28. The molecule has 0 bridgehead atoms. The third-order valence-electron chi connectivity index (χ3n) is 4.69. The Morgan fingerprint density at radius 3 is 2.06 bits per heavy atom. The summed E-state index contributed by atoms with van der Waals surface area (Å²) in [6, 6.07) is 0. The van der Waals surface area contributed by atoms with Crippen LogP contribution in [0.3, 0.4) is 0 Å². The van der Waals surface area contributed by atoms with E-state index in [4.69, 9.17) is 0 Å². The quantitative estimate of drug-likeness (QED) is 0.651. The molecule has 0 aliphatic heterocycles. The van der Waals surface area contributed by atoms with Crippen molar-refractivity contribution in [3.63, 3.8) is 0 Å². The average molecular weight is 227 g/mol. The molecule has 0 aromatic heterocycles. The van der Waals surface area contributed by atoms with E-state index in [0.29, 0.717) is 5.41 Å². The van der Waals surface area contributed by atoms with Gasteiger partial charge in [-0.2, -0.15) is 0 Å². The molecule has 3 atom stereocenters. The molecule has 0 spiro atoms. The van der Waals surface area contributed by atoms with Gasteiger partial charge in [0.1, 0.15) is 0 Å². The summed E-state index contributed by atoms with van der Waals surface area (Å²) in [7, 11) is 2.05. The lowest BCUT2D eigenvalue weighted by Gasteiger charge is -2.33. The fraction of sp³-hybridized carbons (Fsp3) is 1.00. The number of hydrogen-bond donors (Lipinski definition) is 1. The topological polar surface area (TPSA) is 12.0 Å². The summed E-state index contributed by atoms with van der Waals surface area (Å²) in [6.45, 7) is 15.4. The Morgan fingerprint density at radius 1 is 1.06 bits per heavy atom. The molecule has 0 fully saturated rings. The van der Waals surface area contributed by atoms with Gasteiger partial charge >= 0.3 is 0 Å². The van der Waals surface area contributed by atoms with E-state index in [0.717, 1.165) is 24.3 Å². The predicted octanol–water partition coefficient (Wildman–Crippen LogP) is 4.33. The highest BCUT2D eigenvalue weighted by molar-refractivity contribution is 4.76. The summed E-state index contributed by atoms with van der Waals surface area (Å²) in [6.07, 6.45) is 4.02. The van der Waals surface area contributed by atoms with Crippen LogP contribution >= 0.6 is 0 Å². The van der Waals surface area contributed by atoms with Crippen LogP contribution in [0.25, 0.3) is 0 Å². The van der Waals surface area contributed by atoms with Crippen molar-refractivity contribution < 1.29 is 0 Å². The van der Waals surface area contributed by atoms with E-state index in [2.05, 4.69) is 46.9 Å². The van der Waals surface area contributed by atoms with Gasteiger partial charge < -0.3 is 5.32 Å². The molecule has 0 saturated carbocycles. The molecule has 0 amide bonds. The second kappa shape index (κ2) is 7.32. The third-order valence-corrected chi connectivity index (χ3v) is 4.69. The van der Waals surface area contributed by atoms with Gasteiger partial charge in [-0.25, -0.2) is 0 Å². The first-order valence-electron chi connectivity index (χ1n) is 6.99. The Kier molecular flexibility index (Phi) is 7.30. The van der Waals surface area contributed by atoms with E-state index >= 15 is 0 Å². The monoisotopic (exact) mass is 227 g/mol. The molecule has 1 heteroatoms. The highest BCUT2D eigenvalue weighted by Crippen LogP contribution is 2.35. The van der Waals surface area contributed by atoms with Crippen LogP contribution in [-0.2, 0) is 0 Å². The van der Waals surface area contributed by atoms with Gasteiger partial charge in [0.15, 0.2) is 0 Å². The molecule has 0 saturated heterocycles. The van der Waals surface area contributed by atoms with Crippen LogP contribution in [0.2, 0.25) is 0 Å². The van der Waals surface area contributed by atoms with Crippen LogP contribution in [0.4, 0.5) is 0 Å². The number of nitrogens with one attached hydrogen (secondary N) is 1. The van der Waals surface area contributed by atoms with Crippen LogP contribution < -0.4 is 5.32 Å². The first-order valence-corrected chi connectivity index (χ1v) is 6.99. The zero-order chi connectivity index (χ0) is 12.8. The van der Waals surface area contributed by atoms with Crippen LogP contribution in [0.15, 0.2) is 0 Å². The summed E-state index contributed by atoms with van der Waals surface area (Å²) in [4.78, 5) is 0. The highest BCUT2D eigenvalue weighted by Gasteiger charge is 2.25.